The third kappa shape index (κ3) is 5.14. The molecule has 7 aromatic rings. The van der Waals surface area contributed by atoms with Gasteiger partial charge in [-0.25, -0.2) is 0 Å². The van der Waals surface area contributed by atoms with Crippen LogP contribution in [0.25, 0.3) is 55.3 Å². The minimum Gasteiger partial charge on any atom is -0.356 e. The molecule has 1 nitrogen and oxygen atoms in total. The highest BCUT2D eigenvalue weighted by atomic mass is 14.9. The summed E-state index contributed by atoms with van der Waals surface area (Å²) in [7, 11) is 0. The van der Waals surface area contributed by atoms with Crippen LogP contribution in [0.3, 0.4) is 0 Å². The molecular weight excluding hydrogens is 494 g/mol. The number of anilines is 2. The first-order chi connectivity index (χ1) is 20.3. The summed E-state index contributed by atoms with van der Waals surface area (Å²) >= 11 is 0. The monoisotopic (exact) mass is 523 g/mol. The van der Waals surface area contributed by atoms with Crippen LogP contribution in [0.15, 0.2) is 170 Å². The second-order valence-corrected chi connectivity index (χ2v) is 10.3. The van der Waals surface area contributed by atoms with Crippen LogP contribution in [0.2, 0.25) is 0 Å². The van der Waals surface area contributed by atoms with Gasteiger partial charge in [0.2, 0.25) is 0 Å². The van der Waals surface area contributed by atoms with Crippen molar-refractivity contribution in [3.05, 3.63) is 170 Å². The van der Waals surface area contributed by atoms with E-state index in [9.17, 15) is 0 Å². The summed E-state index contributed by atoms with van der Waals surface area (Å²) in [4.78, 5) is 0. The van der Waals surface area contributed by atoms with Crippen molar-refractivity contribution in [2.24, 2.45) is 0 Å². The van der Waals surface area contributed by atoms with E-state index in [0.29, 0.717) is 0 Å². The van der Waals surface area contributed by atoms with Crippen LogP contribution < -0.4 is 5.32 Å². The van der Waals surface area contributed by atoms with Crippen molar-refractivity contribution >= 4 is 22.1 Å². The molecule has 0 aromatic heterocycles. The van der Waals surface area contributed by atoms with Crippen molar-refractivity contribution in [1.82, 2.24) is 0 Å². The zero-order valence-electron chi connectivity index (χ0n) is 22.7. The van der Waals surface area contributed by atoms with Crippen molar-refractivity contribution in [3.8, 4) is 44.5 Å². The number of benzene rings is 7. The predicted molar refractivity (Wildman–Crippen MR) is 175 cm³/mol. The molecule has 0 aliphatic carbocycles. The highest BCUT2D eigenvalue weighted by Gasteiger charge is 2.10. The quantitative estimate of drug-likeness (QED) is 0.229. The van der Waals surface area contributed by atoms with E-state index in [-0.39, 0.29) is 0 Å². The molecule has 0 unspecified atom stereocenters. The summed E-state index contributed by atoms with van der Waals surface area (Å²) in [5, 5.41) is 6.10. The maximum atomic E-state index is 3.57. The van der Waals surface area contributed by atoms with Crippen LogP contribution in [0, 0.1) is 0 Å². The first kappa shape index (κ1) is 24.6. The molecule has 0 bridgehead atoms. The van der Waals surface area contributed by atoms with Crippen molar-refractivity contribution in [1.29, 1.82) is 0 Å². The molecule has 194 valence electrons. The Morgan fingerprint density at radius 2 is 0.634 bits per heavy atom. The predicted octanol–water partition coefficient (Wildman–Crippen LogP) is 11.3. The summed E-state index contributed by atoms with van der Waals surface area (Å²) < 4.78 is 0. The summed E-state index contributed by atoms with van der Waals surface area (Å²) in [6.07, 6.45) is 0. The lowest BCUT2D eigenvalue weighted by Crippen LogP contribution is -1.91. The van der Waals surface area contributed by atoms with Gasteiger partial charge in [-0.1, -0.05) is 146 Å². The van der Waals surface area contributed by atoms with Crippen molar-refractivity contribution in [2.75, 3.05) is 5.32 Å². The molecule has 7 aromatic carbocycles. The van der Waals surface area contributed by atoms with E-state index in [2.05, 4.69) is 175 Å². The number of rotatable bonds is 6. The van der Waals surface area contributed by atoms with Gasteiger partial charge < -0.3 is 5.32 Å². The van der Waals surface area contributed by atoms with Gasteiger partial charge in [-0.3, -0.25) is 0 Å². The summed E-state index contributed by atoms with van der Waals surface area (Å²) in [6.45, 7) is 0. The minimum absolute atomic E-state index is 1.07. The van der Waals surface area contributed by atoms with Gasteiger partial charge in [0, 0.05) is 11.4 Å². The molecule has 41 heavy (non-hydrogen) atoms. The molecule has 1 N–H and O–H groups in total. The lowest BCUT2D eigenvalue weighted by atomic mass is 9.91. The smallest absolute Gasteiger partial charge is 0.0384 e. The molecule has 0 radical (unpaired) electrons. The Labute approximate surface area is 241 Å². The Morgan fingerprint density at radius 3 is 1.12 bits per heavy atom. The SMILES string of the molecule is c1ccc(-c2ccc(-c3ccc(Nc4ccc(-c5cccc6cccc(-c7ccccc7)c56)cc4)cc3)cc2)cc1. The Kier molecular flexibility index (Phi) is 6.61. The third-order valence-electron chi connectivity index (χ3n) is 7.68. The fourth-order valence-corrected chi connectivity index (χ4v) is 5.57. The van der Waals surface area contributed by atoms with Crippen molar-refractivity contribution in [2.45, 2.75) is 0 Å². The second kappa shape index (κ2) is 11.0. The molecule has 0 aliphatic rings. The molecule has 7 rings (SSSR count). The highest BCUT2D eigenvalue weighted by Crippen LogP contribution is 2.37. The fraction of sp³-hybridized carbons (Fsp3) is 0. The van der Waals surface area contributed by atoms with Gasteiger partial charge >= 0.3 is 0 Å². The van der Waals surface area contributed by atoms with Gasteiger partial charge in [0.05, 0.1) is 0 Å². The van der Waals surface area contributed by atoms with E-state index in [1.165, 1.54) is 55.3 Å². The van der Waals surface area contributed by atoms with E-state index < -0.39 is 0 Å². The van der Waals surface area contributed by atoms with Crippen LogP contribution in [0.4, 0.5) is 11.4 Å². The third-order valence-corrected chi connectivity index (χ3v) is 7.68. The van der Waals surface area contributed by atoms with E-state index in [0.717, 1.165) is 11.4 Å². The molecule has 0 atom stereocenters. The molecule has 1 heteroatoms. The lowest BCUT2D eigenvalue weighted by Gasteiger charge is -2.13. The Hall–Kier alpha value is -5.40. The summed E-state index contributed by atoms with van der Waals surface area (Å²) in [5.74, 6) is 0. The first-order valence-corrected chi connectivity index (χ1v) is 14.0. The average molecular weight is 524 g/mol. The molecule has 0 aliphatic heterocycles. The Bertz CT molecular complexity index is 1900. The zero-order chi connectivity index (χ0) is 27.4. The van der Waals surface area contributed by atoms with Gasteiger partial charge in [-0.2, -0.15) is 0 Å². The topological polar surface area (TPSA) is 12.0 Å². The van der Waals surface area contributed by atoms with E-state index in [1.807, 2.05) is 0 Å². The highest BCUT2D eigenvalue weighted by molar-refractivity contribution is 6.06. The van der Waals surface area contributed by atoms with Crippen LogP contribution in [0.5, 0.6) is 0 Å². The van der Waals surface area contributed by atoms with Gasteiger partial charge in [0.15, 0.2) is 0 Å². The number of fused-ring (bicyclic) bond motifs is 1. The Balaban J connectivity index is 1.11. The molecule has 0 heterocycles. The standard InChI is InChI=1S/C40H29N/c1-3-9-29(10-4-1)30-17-19-31(20-18-30)32-21-25-36(26-22-32)41-37-27-23-34(24-28-37)39-16-8-14-35-13-7-15-38(40(35)39)33-11-5-2-6-12-33/h1-28,41H. The second-order valence-electron chi connectivity index (χ2n) is 10.3. The van der Waals surface area contributed by atoms with Gasteiger partial charge in [-0.15, -0.1) is 0 Å². The normalized spacial score (nSPS) is 10.9. The van der Waals surface area contributed by atoms with E-state index >= 15 is 0 Å². The summed E-state index contributed by atoms with van der Waals surface area (Å²) in [5.41, 5.74) is 12.0. The molecule has 0 saturated carbocycles. The van der Waals surface area contributed by atoms with Gasteiger partial charge in [0.25, 0.3) is 0 Å². The summed E-state index contributed by atoms with van der Waals surface area (Å²) in [6, 6.07) is 60.4. The largest absolute Gasteiger partial charge is 0.356 e. The number of hydrogen-bond donors (Lipinski definition) is 1. The number of hydrogen-bond acceptors (Lipinski definition) is 1. The maximum absolute atomic E-state index is 3.57. The van der Waals surface area contributed by atoms with Crippen LogP contribution >= 0.6 is 0 Å². The van der Waals surface area contributed by atoms with Gasteiger partial charge in [0.1, 0.15) is 0 Å². The maximum Gasteiger partial charge on any atom is 0.0384 e. The molecular formula is C40H29N. The lowest BCUT2D eigenvalue weighted by molar-refractivity contribution is 1.53. The molecule has 0 spiro atoms. The van der Waals surface area contributed by atoms with E-state index in [1.54, 1.807) is 0 Å². The van der Waals surface area contributed by atoms with Crippen molar-refractivity contribution < 1.29 is 0 Å². The molecule has 0 amide bonds. The van der Waals surface area contributed by atoms with Crippen LogP contribution in [-0.2, 0) is 0 Å². The van der Waals surface area contributed by atoms with E-state index in [4.69, 9.17) is 0 Å². The Morgan fingerprint density at radius 1 is 0.268 bits per heavy atom. The average Bonchev–Trinajstić information content (AvgIpc) is 3.06. The molecule has 0 saturated heterocycles. The zero-order valence-corrected chi connectivity index (χ0v) is 22.7. The van der Waals surface area contributed by atoms with Crippen LogP contribution in [0.1, 0.15) is 0 Å². The first-order valence-electron chi connectivity index (χ1n) is 14.0. The number of nitrogens with one attached hydrogen (secondary N) is 1. The fourth-order valence-electron chi connectivity index (χ4n) is 5.57. The van der Waals surface area contributed by atoms with Gasteiger partial charge in [-0.05, 0) is 79.5 Å². The van der Waals surface area contributed by atoms with Crippen molar-refractivity contribution in [3.63, 3.8) is 0 Å². The molecule has 0 fully saturated rings. The van der Waals surface area contributed by atoms with Crippen LogP contribution in [-0.4, -0.2) is 0 Å². The minimum atomic E-state index is 1.07.